The third kappa shape index (κ3) is 3.70. The predicted molar refractivity (Wildman–Crippen MR) is 98.2 cm³/mol. The number of rotatable bonds is 7. The summed E-state index contributed by atoms with van der Waals surface area (Å²) in [5, 5.41) is 13.2. The van der Waals surface area contributed by atoms with Gasteiger partial charge in [-0.2, -0.15) is 5.10 Å². The number of methoxy groups -OCH3 is 1. The van der Waals surface area contributed by atoms with Gasteiger partial charge in [0.15, 0.2) is 11.5 Å². The summed E-state index contributed by atoms with van der Waals surface area (Å²) in [6.07, 6.45) is 2.56. The largest absolute Gasteiger partial charge is 0.377 e. The summed E-state index contributed by atoms with van der Waals surface area (Å²) < 4.78 is 5.14. The number of hydrogen-bond donors (Lipinski definition) is 3. The Hall–Kier alpha value is -2.48. The Morgan fingerprint density at radius 1 is 1.38 bits per heavy atom. The standard InChI is InChI=1S/C18H26N6O2/c1-5-13-10(2)17(24-23-13)18(25)20-12-6-11(7-12)14-8-15(19-3)22-16(21-14)9-26-4/h8,11-12H,5-7,9H2,1-4H3,(H,20,25)(H,23,24)(H,19,21,22). The van der Waals surface area contributed by atoms with Crippen LogP contribution in [0.25, 0.3) is 0 Å². The fraction of sp³-hybridized carbons (Fsp3) is 0.556. The number of aromatic nitrogens is 4. The van der Waals surface area contributed by atoms with Crippen LogP contribution in [0.4, 0.5) is 5.82 Å². The molecular formula is C18H26N6O2. The second-order valence-corrected chi connectivity index (χ2v) is 6.65. The van der Waals surface area contributed by atoms with Crippen LogP contribution < -0.4 is 10.6 Å². The minimum Gasteiger partial charge on any atom is -0.377 e. The van der Waals surface area contributed by atoms with Gasteiger partial charge in [-0.3, -0.25) is 9.89 Å². The first-order valence-corrected chi connectivity index (χ1v) is 8.94. The van der Waals surface area contributed by atoms with E-state index in [0.29, 0.717) is 24.0 Å². The number of anilines is 1. The summed E-state index contributed by atoms with van der Waals surface area (Å²) >= 11 is 0. The topological polar surface area (TPSA) is 105 Å². The molecule has 0 bridgehead atoms. The Labute approximate surface area is 153 Å². The lowest BCUT2D eigenvalue weighted by Crippen LogP contribution is -2.44. The molecule has 1 amide bonds. The van der Waals surface area contributed by atoms with Gasteiger partial charge in [-0.15, -0.1) is 0 Å². The number of nitrogens with zero attached hydrogens (tertiary/aromatic N) is 3. The van der Waals surface area contributed by atoms with Crippen molar-refractivity contribution in [2.24, 2.45) is 0 Å². The SMILES string of the molecule is CCc1[nH]nc(C(=O)NC2CC(c3cc(NC)nc(COC)n3)C2)c1C. The number of nitrogens with one attached hydrogen (secondary N) is 3. The van der Waals surface area contributed by atoms with Crippen molar-refractivity contribution in [2.45, 2.75) is 51.7 Å². The molecule has 2 heterocycles. The van der Waals surface area contributed by atoms with Crippen LogP contribution in [0.15, 0.2) is 6.07 Å². The number of carbonyl (C=O) groups excluding carboxylic acids is 1. The van der Waals surface area contributed by atoms with Crippen molar-refractivity contribution < 1.29 is 9.53 Å². The van der Waals surface area contributed by atoms with Crippen LogP contribution in [0.2, 0.25) is 0 Å². The molecule has 8 heteroatoms. The molecule has 3 N–H and O–H groups in total. The van der Waals surface area contributed by atoms with Gasteiger partial charge in [0, 0.05) is 49.1 Å². The number of ether oxygens (including phenoxy) is 1. The lowest BCUT2D eigenvalue weighted by atomic mass is 9.78. The van der Waals surface area contributed by atoms with E-state index in [1.165, 1.54) is 0 Å². The Morgan fingerprint density at radius 2 is 2.15 bits per heavy atom. The summed E-state index contributed by atoms with van der Waals surface area (Å²) in [4.78, 5) is 21.4. The van der Waals surface area contributed by atoms with Gasteiger partial charge in [0.2, 0.25) is 0 Å². The fourth-order valence-electron chi connectivity index (χ4n) is 3.28. The molecule has 1 aliphatic rings. The normalized spacial score (nSPS) is 19.1. The summed E-state index contributed by atoms with van der Waals surface area (Å²) in [6.45, 7) is 4.35. The van der Waals surface area contributed by atoms with Gasteiger partial charge < -0.3 is 15.4 Å². The third-order valence-electron chi connectivity index (χ3n) is 4.89. The second kappa shape index (κ2) is 7.82. The van der Waals surface area contributed by atoms with Crippen LogP contribution in [0.1, 0.15) is 58.9 Å². The molecular weight excluding hydrogens is 332 g/mol. The summed E-state index contributed by atoms with van der Waals surface area (Å²) in [5.74, 6) is 1.66. The first-order chi connectivity index (χ1) is 12.5. The van der Waals surface area contributed by atoms with Crippen LogP contribution in [0, 0.1) is 6.92 Å². The van der Waals surface area contributed by atoms with E-state index in [2.05, 4.69) is 30.8 Å². The van der Waals surface area contributed by atoms with Gasteiger partial charge in [-0.05, 0) is 26.2 Å². The molecule has 1 saturated carbocycles. The first-order valence-electron chi connectivity index (χ1n) is 8.94. The zero-order chi connectivity index (χ0) is 18.7. The zero-order valence-electron chi connectivity index (χ0n) is 15.7. The molecule has 0 aromatic carbocycles. The highest BCUT2D eigenvalue weighted by atomic mass is 16.5. The molecule has 2 aromatic rings. The van der Waals surface area contributed by atoms with E-state index in [0.717, 1.165) is 42.0 Å². The Morgan fingerprint density at radius 3 is 2.77 bits per heavy atom. The van der Waals surface area contributed by atoms with Crippen LogP contribution in [0.3, 0.4) is 0 Å². The van der Waals surface area contributed by atoms with Crippen molar-refractivity contribution in [1.82, 2.24) is 25.5 Å². The maximum Gasteiger partial charge on any atom is 0.272 e. The van der Waals surface area contributed by atoms with Crippen molar-refractivity contribution in [3.8, 4) is 0 Å². The Balaban J connectivity index is 1.61. The van der Waals surface area contributed by atoms with E-state index in [4.69, 9.17) is 4.74 Å². The summed E-state index contributed by atoms with van der Waals surface area (Å²) in [5.41, 5.74) is 3.42. The van der Waals surface area contributed by atoms with Gasteiger partial charge in [0.25, 0.3) is 5.91 Å². The number of aromatic amines is 1. The maximum absolute atomic E-state index is 12.4. The number of H-pyrrole nitrogens is 1. The number of amides is 1. The summed E-state index contributed by atoms with van der Waals surface area (Å²) in [7, 11) is 3.47. The zero-order valence-corrected chi connectivity index (χ0v) is 15.7. The number of carbonyl (C=O) groups is 1. The van der Waals surface area contributed by atoms with Crippen molar-refractivity contribution in [3.05, 3.63) is 34.5 Å². The predicted octanol–water partition coefficient (Wildman–Crippen LogP) is 1.93. The molecule has 3 rings (SSSR count). The maximum atomic E-state index is 12.4. The van der Waals surface area contributed by atoms with E-state index in [9.17, 15) is 4.79 Å². The van der Waals surface area contributed by atoms with Crippen LogP contribution in [0.5, 0.6) is 0 Å². The van der Waals surface area contributed by atoms with Crippen molar-refractivity contribution in [2.75, 3.05) is 19.5 Å². The van der Waals surface area contributed by atoms with E-state index in [1.54, 1.807) is 7.11 Å². The molecule has 26 heavy (non-hydrogen) atoms. The van der Waals surface area contributed by atoms with Crippen LogP contribution >= 0.6 is 0 Å². The molecule has 0 spiro atoms. The van der Waals surface area contributed by atoms with E-state index in [1.807, 2.05) is 27.0 Å². The Bertz CT molecular complexity index is 782. The van der Waals surface area contributed by atoms with Crippen molar-refractivity contribution in [3.63, 3.8) is 0 Å². The highest BCUT2D eigenvalue weighted by molar-refractivity contribution is 5.94. The van der Waals surface area contributed by atoms with Crippen molar-refractivity contribution in [1.29, 1.82) is 0 Å². The quantitative estimate of drug-likeness (QED) is 0.699. The lowest BCUT2D eigenvalue weighted by molar-refractivity contribution is 0.0902. The second-order valence-electron chi connectivity index (χ2n) is 6.65. The summed E-state index contributed by atoms with van der Waals surface area (Å²) in [6, 6.07) is 2.11. The average molecular weight is 358 g/mol. The van der Waals surface area contributed by atoms with Crippen LogP contribution in [-0.2, 0) is 17.8 Å². The smallest absolute Gasteiger partial charge is 0.272 e. The molecule has 0 radical (unpaired) electrons. The van der Waals surface area contributed by atoms with E-state index < -0.39 is 0 Å². The van der Waals surface area contributed by atoms with Crippen molar-refractivity contribution >= 4 is 11.7 Å². The Kier molecular flexibility index (Phi) is 5.51. The average Bonchev–Trinajstić information content (AvgIpc) is 2.98. The van der Waals surface area contributed by atoms with E-state index in [-0.39, 0.29) is 11.9 Å². The fourth-order valence-corrected chi connectivity index (χ4v) is 3.28. The molecule has 140 valence electrons. The van der Waals surface area contributed by atoms with Crippen LogP contribution in [-0.4, -0.2) is 46.3 Å². The minimum atomic E-state index is -0.111. The molecule has 1 aliphatic carbocycles. The van der Waals surface area contributed by atoms with Gasteiger partial charge in [-0.1, -0.05) is 6.92 Å². The van der Waals surface area contributed by atoms with Gasteiger partial charge in [0.1, 0.15) is 12.4 Å². The highest BCUT2D eigenvalue weighted by Crippen LogP contribution is 2.36. The molecule has 0 saturated heterocycles. The molecule has 2 aromatic heterocycles. The molecule has 8 nitrogen and oxygen atoms in total. The first kappa shape index (κ1) is 18.3. The van der Waals surface area contributed by atoms with Gasteiger partial charge in [0.05, 0.1) is 0 Å². The third-order valence-corrected chi connectivity index (χ3v) is 4.89. The lowest BCUT2D eigenvalue weighted by Gasteiger charge is -2.35. The number of aryl methyl sites for hydroxylation is 1. The minimum absolute atomic E-state index is 0.111. The molecule has 1 fully saturated rings. The molecule has 0 atom stereocenters. The highest BCUT2D eigenvalue weighted by Gasteiger charge is 2.33. The van der Waals surface area contributed by atoms with Gasteiger partial charge >= 0.3 is 0 Å². The van der Waals surface area contributed by atoms with Gasteiger partial charge in [-0.25, -0.2) is 9.97 Å². The molecule has 0 aliphatic heterocycles. The monoisotopic (exact) mass is 358 g/mol. The van der Waals surface area contributed by atoms with E-state index >= 15 is 0 Å². The molecule has 0 unspecified atom stereocenters. The number of hydrogen-bond acceptors (Lipinski definition) is 6.